The molecule has 0 fully saturated rings. The Morgan fingerprint density at radius 2 is 2.38 bits per heavy atom. The van der Waals surface area contributed by atoms with Gasteiger partial charge in [0.15, 0.2) is 5.69 Å². The second-order valence-electron chi connectivity index (χ2n) is 3.09. The molecule has 0 radical (unpaired) electrons. The van der Waals surface area contributed by atoms with Crippen LogP contribution < -0.4 is 0 Å². The lowest BCUT2D eigenvalue weighted by molar-refractivity contribution is 0.269. The van der Waals surface area contributed by atoms with E-state index in [1.165, 1.54) is 4.68 Å². The molecule has 6 heteroatoms. The van der Waals surface area contributed by atoms with Crippen LogP contribution in [0.3, 0.4) is 0 Å². The molecule has 16 heavy (non-hydrogen) atoms. The van der Waals surface area contributed by atoms with Crippen molar-refractivity contribution in [2.45, 2.75) is 6.54 Å². The first-order valence-electron chi connectivity index (χ1n) is 4.71. The number of hydrogen-bond acceptors (Lipinski definition) is 5. The molecule has 1 N–H and O–H groups in total. The summed E-state index contributed by atoms with van der Waals surface area (Å²) in [4.78, 5) is 3.98. The van der Waals surface area contributed by atoms with Gasteiger partial charge in [0, 0.05) is 18.0 Å². The molecule has 2 aromatic rings. The number of hydrogen-bond donors (Lipinski definition) is 1. The van der Waals surface area contributed by atoms with Gasteiger partial charge in [-0.2, -0.15) is 5.26 Å². The van der Waals surface area contributed by atoms with Gasteiger partial charge < -0.3 is 5.11 Å². The van der Waals surface area contributed by atoms with Crippen LogP contribution >= 0.6 is 0 Å². The van der Waals surface area contributed by atoms with Crippen molar-refractivity contribution >= 4 is 0 Å². The van der Waals surface area contributed by atoms with Crippen molar-refractivity contribution in [1.82, 2.24) is 20.0 Å². The zero-order valence-corrected chi connectivity index (χ0v) is 8.41. The largest absolute Gasteiger partial charge is 0.394 e. The summed E-state index contributed by atoms with van der Waals surface area (Å²) in [6.45, 7) is 0.250. The lowest BCUT2D eigenvalue weighted by Crippen LogP contribution is -2.06. The molecule has 0 aliphatic heterocycles. The Labute approximate surface area is 91.8 Å². The summed E-state index contributed by atoms with van der Waals surface area (Å²) >= 11 is 0. The van der Waals surface area contributed by atoms with Gasteiger partial charge in [0.2, 0.25) is 0 Å². The fraction of sp³-hybridized carbons (Fsp3) is 0.200. The van der Waals surface area contributed by atoms with Crippen LogP contribution in [0.5, 0.6) is 0 Å². The minimum absolute atomic E-state index is 0.0541. The normalized spacial score (nSPS) is 10.0. The first-order chi connectivity index (χ1) is 7.86. The maximum absolute atomic E-state index is 8.91. The van der Waals surface area contributed by atoms with E-state index in [9.17, 15) is 0 Å². The molecule has 0 aliphatic carbocycles. The summed E-state index contributed by atoms with van der Waals surface area (Å²) in [6, 6.07) is 5.56. The first-order valence-corrected chi connectivity index (χ1v) is 4.71. The second-order valence-corrected chi connectivity index (χ2v) is 3.09. The van der Waals surface area contributed by atoms with Crippen molar-refractivity contribution in [3.8, 4) is 17.3 Å². The van der Waals surface area contributed by atoms with E-state index >= 15 is 0 Å². The van der Waals surface area contributed by atoms with Gasteiger partial charge in [-0.1, -0.05) is 5.21 Å². The number of pyridine rings is 1. The molecule has 0 unspecified atom stereocenters. The summed E-state index contributed by atoms with van der Waals surface area (Å²) < 4.78 is 1.50. The van der Waals surface area contributed by atoms with Crippen LogP contribution in [0.4, 0.5) is 0 Å². The van der Waals surface area contributed by atoms with Crippen molar-refractivity contribution in [3.63, 3.8) is 0 Å². The third-order valence-electron chi connectivity index (χ3n) is 2.09. The number of aliphatic hydroxyl groups excluding tert-OH is 1. The van der Waals surface area contributed by atoms with Crippen LogP contribution in [0.1, 0.15) is 5.69 Å². The van der Waals surface area contributed by atoms with Crippen LogP contribution in [-0.2, 0) is 6.54 Å². The van der Waals surface area contributed by atoms with Gasteiger partial charge in [-0.25, -0.2) is 4.68 Å². The third-order valence-corrected chi connectivity index (χ3v) is 2.09. The Morgan fingerprint density at radius 3 is 3.00 bits per heavy atom. The molecule has 2 heterocycles. The molecule has 0 atom stereocenters. The quantitative estimate of drug-likeness (QED) is 0.790. The lowest BCUT2D eigenvalue weighted by atomic mass is 10.2. The molecule has 80 valence electrons. The third kappa shape index (κ3) is 1.76. The molecule has 0 bridgehead atoms. The molecule has 0 saturated heterocycles. The molecule has 0 aromatic carbocycles. The molecular weight excluding hydrogens is 206 g/mol. The average Bonchev–Trinajstić information content (AvgIpc) is 2.74. The minimum atomic E-state index is -0.0541. The Morgan fingerprint density at radius 1 is 1.50 bits per heavy atom. The number of aromatic nitrogens is 4. The summed E-state index contributed by atoms with van der Waals surface area (Å²) in [5.74, 6) is 0. The average molecular weight is 215 g/mol. The van der Waals surface area contributed by atoms with Gasteiger partial charge >= 0.3 is 0 Å². The van der Waals surface area contributed by atoms with E-state index in [0.717, 1.165) is 5.56 Å². The molecular formula is C10H9N5O. The van der Waals surface area contributed by atoms with Gasteiger partial charge in [-0.05, 0) is 12.1 Å². The first kappa shape index (κ1) is 10.3. The van der Waals surface area contributed by atoms with Crippen molar-refractivity contribution in [1.29, 1.82) is 5.26 Å². The number of nitriles is 1. The fourth-order valence-corrected chi connectivity index (χ4v) is 1.43. The maximum Gasteiger partial charge on any atom is 0.190 e. The van der Waals surface area contributed by atoms with Gasteiger partial charge in [0.25, 0.3) is 0 Å². The summed E-state index contributed by atoms with van der Waals surface area (Å²) in [5.41, 5.74) is 1.59. The van der Waals surface area contributed by atoms with Crippen LogP contribution in [0.2, 0.25) is 0 Å². The highest BCUT2D eigenvalue weighted by Crippen LogP contribution is 2.20. The maximum atomic E-state index is 8.91. The molecule has 6 nitrogen and oxygen atoms in total. The molecule has 0 aliphatic rings. The monoisotopic (exact) mass is 215 g/mol. The predicted molar refractivity (Wildman–Crippen MR) is 55.1 cm³/mol. The van der Waals surface area contributed by atoms with Gasteiger partial charge in [0.1, 0.15) is 11.8 Å². The zero-order valence-electron chi connectivity index (χ0n) is 8.41. The Balaban J connectivity index is 2.54. The SMILES string of the molecule is N#Cc1nnn(CCO)c1-c1cccnc1. The molecule has 2 aromatic heterocycles. The van der Waals surface area contributed by atoms with E-state index in [1.807, 2.05) is 12.1 Å². The van der Waals surface area contributed by atoms with Crippen molar-refractivity contribution in [2.75, 3.05) is 6.61 Å². The standard InChI is InChI=1S/C10H9N5O/c11-6-9-10(8-2-1-3-12-7-8)15(4-5-16)14-13-9/h1-3,7,16H,4-5H2. The molecule has 0 amide bonds. The van der Waals surface area contributed by atoms with Crippen molar-refractivity contribution in [2.24, 2.45) is 0 Å². The van der Waals surface area contributed by atoms with Gasteiger partial charge in [-0.15, -0.1) is 5.10 Å². The number of nitrogens with zero attached hydrogens (tertiary/aromatic N) is 5. The lowest BCUT2D eigenvalue weighted by Gasteiger charge is -2.03. The smallest absolute Gasteiger partial charge is 0.190 e. The Hall–Kier alpha value is -2.26. The van der Waals surface area contributed by atoms with Crippen molar-refractivity contribution in [3.05, 3.63) is 30.2 Å². The van der Waals surface area contributed by atoms with E-state index in [0.29, 0.717) is 12.2 Å². The van der Waals surface area contributed by atoms with E-state index in [2.05, 4.69) is 15.3 Å². The number of rotatable bonds is 3. The summed E-state index contributed by atoms with van der Waals surface area (Å²) in [7, 11) is 0. The highest BCUT2D eigenvalue weighted by molar-refractivity contribution is 5.63. The van der Waals surface area contributed by atoms with Crippen LogP contribution in [-0.4, -0.2) is 31.7 Å². The topological polar surface area (TPSA) is 87.6 Å². The highest BCUT2D eigenvalue weighted by Gasteiger charge is 2.14. The van der Waals surface area contributed by atoms with E-state index in [-0.39, 0.29) is 12.3 Å². The number of aliphatic hydroxyl groups is 1. The summed E-state index contributed by atoms with van der Waals surface area (Å²) in [6.07, 6.45) is 3.28. The zero-order chi connectivity index (χ0) is 11.4. The second kappa shape index (κ2) is 4.51. The fourth-order valence-electron chi connectivity index (χ4n) is 1.43. The van der Waals surface area contributed by atoms with E-state index in [4.69, 9.17) is 10.4 Å². The van der Waals surface area contributed by atoms with Crippen molar-refractivity contribution < 1.29 is 5.11 Å². The Bertz CT molecular complexity index is 514. The predicted octanol–water partition coefficient (Wildman–Crippen LogP) is 0.204. The van der Waals surface area contributed by atoms with E-state index < -0.39 is 0 Å². The Kier molecular flexibility index (Phi) is 2.89. The molecule has 0 spiro atoms. The van der Waals surface area contributed by atoms with Gasteiger partial charge in [0.05, 0.1) is 13.2 Å². The molecule has 0 saturated carbocycles. The van der Waals surface area contributed by atoms with Crippen LogP contribution in [0, 0.1) is 11.3 Å². The van der Waals surface area contributed by atoms with E-state index in [1.54, 1.807) is 18.5 Å². The van der Waals surface area contributed by atoms with Gasteiger partial charge in [-0.3, -0.25) is 4.98 Å². The summed E-state index contributed by atoms with van der Waals surface area (Å²) in [5, 5.41) is 25.4. The molecule has 2 rings (SSSR count). The van der Waals surface area contributed by atoms with Crippen LogP contribution in [0.15, 0.2) is 24.5 Å². The highest BCUT2D eigenvalue weighted by atomic mass is 16.3. The minimum Gasteiger partial charge on any atom is -0.394 e. The van der Waals surface area contributed by atoms with Crippen LogP contribution in [0.25, 0.3) is 11.3 Å².